The third-order valence-electron chi connectivity index (χ3n) is 3.68. The number of fused-ring (bicyclic) bond motifs is 2. The minimum atomic E-state index is 1.31. The molecule has 3 rings (SSSR count). The molecule has 0 saturated heterocycles. The standard InChI is InChI=1S/C20H18/c1-3-9-15-17-11-5-7-13-19(17)16(10-4-2)20-14-8-6-12-18(15)20/h3-14H,1-2H3. The van der Waals surface area contributed by atoms with E-state index in [-0.39, 0.29) is 0 Å². The molecule has 0 atom stereocenters. The summed E-state index contributed by atoms with van der Waals surface area (Å²) in [5, 5.41) is 5.27. The summed E-state index contributed by atoms with van der Waals surface area (Å²) in [5.41, 5.74) is 2.62. The average molecular weight is 258 g/mol. The molecule has 0 heteroatoms. The summed E-state index contributed by atoms with van der Waals surface area (Å²) in [7, 11) is 0. The normalized spacial score (nSPS) is 12.1. The third kappa shape index (κ3) is 1.94. The summed E-state index contributed by atoms with van der Waals surface area (Å²) < 4.78 is 0. The molecule has 3 aromatic carbocycles. The second-order valence-corrected chi connectivity index (χ2v) is 4.92. The van der Waals surface area contributed by atoms with Gasteiger partial charge in [0.25, 0.3) is 0 Å². The van der Waals surface area contributed by atoms with E-state index in [1.54, 1.807) is 0 Å². The van der Waals surface area contributed by atoms with Crippen LogP contribution in [-0.4, -0.2) is 0 Å². The van der Waals surface area contributed by atoms with Crippen molar-refractivity contribution in [3.05, 3.63) is 71.8 Å². The molecule has 0 bridgehead atoms. The molecule has 0 fully saturated rings. The minimum absolute atomic E-state index is 1.31. The van der Waals surface area contributed by atoms with Gasteiger partial charge in [-0.2, -0.15) is 0 Å². The Morgan fingerprint density at radius 1 is 0.550 bits per heavy atom. The predicted octanol–water partition coefficient (Wildman–Crippen LogP) is 6.06. The van der Waals surface area contributed by atoms with Crippen molar-refractivity contribution in [3.63, 3.8) is 0 Å². The molecule has 0 nitrogen and oxygen atoms in total. The van der Waals surface area contributed by atoms with Crippen molar-refractivity contribution >= 4 is 33.7 Å². The molecule has 0 spiro atoms. The fourth-order valence-electron chi connectivity index (χ4n) is 2.89. The Balaban J connectivity index is 2.61. The van der Waals surface area contributed by atoms with Crippen molar-refractivity contribution in [2.24, 2.45) is 0 Å². The fourth-order valence-corrected chi connectivity index (χ4v) is 2.89. The van der Waals surface area contributed by atoms with Gasteiger partial charge in [-0.05, 0) is 46.5 Å². The highest BCUT2D eigenvalue weighted by molar-refractivity contribution is 6.12. The molecule has 0 radical (unpaired) electrons. The summed E-state index contributed by atoms with van der Waals surface area (Å²) in [6, 6.07) is 17.3. The Labute approximate surface area is 120 Å². The quantitative estimate of drug-likeness (QED) is 0.490. The van der Waals surface area contributed by atoms with Crippen molar-refractivity contribution in [1.82, 2.24) is 0 Å². The molecule has 0 aliphatic carbocycles. The van der Waals surface area contributed by atoms with Gasteiger partial charge >= 0.3 is 0 Å². The highest BCUT2D eigenvalue weighted by Gasteiger charge is 2.09. The lowest BCUT2D eigenvalue weighted by molar-refractivity contribution is 1.69. The molecule has 0 amide bonds. The summed E-state index contributed by atoms with van der Waals surface area (Å²) in [4.78, 5) is 0. The number of allylic oxidation sites excluding steroid dienone is 2. The summed E-state index contributed by atoms with van der Waals surface area (Å²) >= 11 is 0. The SMILES string of the molecule is CC=Cc1c2ccccc2c(C=CC)c2ccccc12. The number of hydrogen-bond donors (Lipinski definition) is 0. The Kier molecular flexibility index (Phi) is 3.39. The number of rotatable bonds is 2. The second kappa shape index (κ2) is 5.34. The number of benzene rings is 3. The molecule has 0 N–H and O–H groups in total. The van der Waals surface area contributed by atoms with Gasteiger partial charge in [-0.3, -0.25) is 0 Å². The highest BCUT2D eigenvalue weighted by atomic mass is 14.1. The van der Waals surface area contributed by atoms with Crippen LogP contribution in [0.5, 0.6) is 0 Å². The van der Waals surface area contributed by atoms with Crippen LogP contribution in [0.25, 0.3) is 33.7 Å². The first-order chi connectivity index (χ1) is 9.86. The molecule has 98 valence electrons. The zero-order valence-electron chi connectivity index (χ0n) is 11.9. The van der Waals surface area contributed by atoms with Crippen LogP contribution in [0.3, 0.4) is 0 Å². The molecule has 20 heavy (non-hydrogen) atoms. The van der Waals surface area contributed by atoms with Crippen LogP contribution >= 0.6 is 0 Å². The Hall–Kier alpha value is -2.34. The Morgan fingerprint density at radius 3 is 1.10 bits per heavy atom. The molecular formula is C20H18. The topological polar surface area (TPSA) is 0 Å². The van der Waals surface area contributed by atoms with E-state index in [9.17, 15) is 0 Å². The first-order valence-corrected chi connectivity index (χ1v) is 7.05. The zero-order chi connectivity index (χ0) is 13.9. The van der Waals surface area contributed by atoms with Gasteiger partial charge in [0, 0.05) is 0 Å². The molecule has 0 unspecified atom stereocenters. The number of hydrogen-bond acceptors (Lipinski definition) is 0. The molecule has 0 aliphatic rings. The van der Waals surface area contributed by atoms with Crippen LogP contribution in [0.2, 0.25) is 0 Å². The van der Waals surface area contributed by atoms with Crippen LogP contribution in [0.1, 0.15) is 25.0 Å². The summed E-state index contributed by atoms with van der Waals surface area (Å²) in [6.45, 7) is 4.15. The molecule has 0 aromatic heterocycles. The van der Waals surface area contributed by atoms with Gasteiger partial charge in [0.1, 0.15) is 0 Å². The van der Waals surface area contributed by atoms with Crippen molar-refractivity contribution in [2.75, 3.05) is 0 Å². The van der Waals surface area contributed by atoms with E-state index in [0.717, 1.165) is 0 Å². The maximum absolute atomic E-state index is 2.21. The van der Waals surface area contributed by atoms with E-state index >= 15 is 0 Å². The maximum atomic E-state index is 2.21. The van der Waals surface area contributed by atoms with Gasteiger partial charge in [-0.15, -0.1) is 0 Å². The first-order valence-electron chi connectivity index (χ1n) is 7.05. The van der Waals surface area contributed by atoms with Gasteiger partial charge < -0.3 is 0 Å². The lowest BCUT2D eigenvalue weighted by atomic mass is 9.91. The van der Waals surface area contributed by atoms with Gasteiger partial charge in [0.15, 0.2) is 0 Å². The zero-order valence-corrected chi connectivity index (χ0v) is 11.9. The molecule has 3 aromatic rings. The molecule has 0 heterocycles. The molecular weight excluding hydrogens is 240 g/mol. The van der Waals surface area contributed by atoms with Crippen LogP contribution in [0.15, 0.2) is 60.7 Å². The molecule has 0 saturated carbocycles. The third-order valence-corrected chi connectivity index (χ3v) is 3.68. The van der Waals surface area contributed by atoms with Crippen molar-refractivity contribution in [3.8, 4) is 0 Å². The van der Waals surface area contributed by atoms with E-state index in [4.69, 9.17) is 0 Å². The van der Waals surface area contributed by atoms with E-state index < -0.39 is 0 Å². The fraction of sp³-hybridized carbons (Fsp3) is 0.100. The van der Waals surface area contributed by atoms with E-state index in [1.165, 1.54) is 32.7 Å². The van der Waals surface area contributed by atoms with Gasteiger partial charge in [0.2, 0.25) is 0 Å². The lowest BCUT2D eigenvalue weighted by Gasteiger charge is -2.12. The van der Waals surface area contributed by atoms with Crippen molar-refractivity contribution in [2.45, 2.75) is 13.8 Å². The van der Waals surface area contributed by atoms with Crippen molar-refractivity contribution in [1.29, 1.82) is 0 Å². The summed E-state index contributed by atoms with van der Waals surface area (Å²) in [6.07, 6.45) is 8.65. The second-order valence-electron chi connectivity index (χ2n) is 4.92. The van der Waals surface area contributed by atoms with E-state index in [1.807, 2.05) is 0 Å². The van der Waals surface area contributed by atoms with Gasteiger partial charge in [0.05, 0.1) is 0 Å². The average Bonchev–Trinajstić information content (AvgIpc) is 2.50. The van der Waals surface area contributed by atoms with Gasteiger partial charge in [-0.25, -0.2) is 0 Å². The van der Waals surface area contributed by atoms with Crippen LogP contribution in [0, 0.1) is 0 Å². The monoisotopic (exact) mass is 258 g/mol. The van der Waals surface area contributed by atoms with Crippen LogP contribution in [-0.2, 0) is 0 Å². The Bertz CT molecular complexity index is 693. The molecule has 0 aliphatic heterocycles. The van der Waals surface area contributed by atoms with E-state index in [2.05, 4.69) is 86.7 Å². The van der Waals surface area contributed by atoms with Crippen LogP contribution in [0.4, 0.5) is 0 Å². The maximum Gasteiger partial charge on any atom is -0.00991 e. The minimum Gasteiger partial charge on any atom is -0.0870 e. The van der Waals surface area contributed by atoms with Gasteiger partial charge in [-0.1, -0.05) is 72.8 Å². The first kappa shape index (κ1) is 12.7. The smallest absolute Gasteiger partial charge is 0.00991 e. The van der Waals surface area contributed by atoms with Crippen LogP contribution < -0.4 is 0 Å². The van der Waals surface area contributed by atoms with Crippen molar-refractivity contribution < 1.29 is 0 Å². The largest absolute Gasteiger partial charge is 0.0870 e. The Morgan fingerprint density at radius 2 is 0.850 bits per heavy atom. The highest BCUT2D eigenvalue weighted by Crippen LogP contribution is 2.34. The lowest BCUT2D eigenvalue weighted by Crippen LogP contribution is -1.88. The van der Waals surface area contributed by atoms with E-state index in [0.29, 0.717) is 0 Å². The predicted molar refractivity (Wildman–Crippen MR) is 90.9 cm³/mol. The summed E-state index contributed by atoms with van der Waals surface area (Å²) in [5.74, 6) is 0.